The minimum atomic E-state index is -1.46. The summed E-state index contributed by atoms with van der Waals surface area (Å²) in [5.41, 5.74) is -0.428. The summed E-state index contributed by atoms with van der Waals surface area (Å²) in [6.45, 7) is 0. The Morgan fingerprint density at radius 3 is 2.40 bits per heavy atom. The Hall–Kier alpha value is -2.47. The first-order valence-electron chi connectivity index (χ1n) is 8.09. The van der Waals surface area contributed by atoms with Crippen LogP contribution in [0.25, 0.3) is 0 Å². The fraction of sp³-hybridized carbons (Fsp3) is 0.316. The number of aryl methyl sites for hydroxylation is 1. The lowest BCUT2D eigenvalue weighted by Gasteiger charge is -2.19. The highest BCUT2D eigenvalue weighted by molar-refractivity contribution is 7.12. The van der Waals surface area contributed by atoms with Gasteiger partial charge < -0.3 is 9.84 Å². The van der Waals surface area contributed by atoms with E-state index < -0.39 is 23.5 Å². The molecule has 1 saturated carbocycles. The quantitative estimate of drug-likeness (QED) is 0.445. The molecule has 130 valence electrons. The lowest BCUT2D eigenvalue weighted by Crippen LogP contribution is -2.35. The van der Waals surface area contributed by atoms with Crippen molar-refractivity contribution in [2.45, 2.75) is 31.8 Å². The molecule has 0 bridgehead atoms. The first-order chi connectivity index (χ1) is 12.0. The second-order valence-electron chi connectivity index (χ2n) is 6.15. The third-order valence-corrected chi connectivity index (χ3v) is 5.28. The van der Waals surface area contributed by atoms with Crippen molar-refractivity contribution in [2.24, 2.45) is 5.41 Å². The van der Waals surface area contributed by atoms with Crippen molar-refractivity contribution in [3.05, 3.63) is 58.3 Å². The van der Waals surface area contributed by atoms with E-state index in [1.54, 1.807) is 17.5 Å². The third-order valence-electron chi connectivity index (χ3n) is 4.39. The number of ketones is 1. The van der Waals surface area contributed by atoms with Crippen LogP contribution >= 0.6 is 11.3 Å². The van der Waals surface area contributed by atoms with E-state index in [2.05, 4.69) is 0 Å². The highest BCUT2D eigenvalue weighted by Gasteiger charge is 2.59. The maximum Gasteiger partial charge on any atom is 0.324 e. The molecule has 0 aliphatic heterocycles. The number of ether oxygens (including phenoxy) is 1. The van der Waals surface area contributed by atoms with Gasteiger partial charge in [0.15, 0.2) is 11.5 Å². The van der Waals surface area contributed by atoms with Crippen molar-refractivity contribution < 1.29 is 24.2 Å². The zero-order valence-electron chi connectivity index (χ0n) is 13.5. The number of hydrogen-bond acceptors (Lipinski definition) is 5. The number of rotatable bonds is 8. The normalized spacial score (nSPS) is 16.0. The number of carbonyl (C=O) groups excluding carboxylic acids is 2. The lowest BCUT2D eigenvalue weighted by molar-refractivity contribution is -0.163. The van der Waals surface area contributed by atoms with Crippen LogP contribution in [0.1, 0.15) is 34.5 Å². The largest absolute Gasteiger partial charge is 0.480 e. The Morgan fingerprint density at radius 2 is 1.84 bits per heavy atom. The average Bonchev–Trinajstić information content (AvgIpc) is 3.27. The number of benzene rings is 1. The minimum Gasteiger partial charge on any atom is -0.480 e. The summed E-state index contributed by atoms with van der Waals surface area (Å²) in [4.78, 5) is 36.8. The Balaban J connectivity index is 1.73. The van der Waals surface area contributed by atoms with E-state index in [1.165, 1.54) is 11.3 Å². The second kappa shape index (κ2) is 7.19. The predicted octanol–water partition coefficient (Wildman–Crippen LogP) is 3.34. The van der Waals surface area contributed by atoms with Crippen molar-refractivity contribution in [3.8, 4) is 0 Å². The molecule has 0 saturated heterocycles. The van der Waals surface area contributed by atoms with Crippen LogP contribution in [0.4, 0.5) is 0 Å². The van der Waals surface area contributed by atoms with Gasteiger partial charge in [0.25, 0.3) is 0 Å². The van der Waals surface area contributed by atoms with Crippen LogP contribution in [0.15, 0.2) is 47.8 Å². The van der Waals surface area contributed by atoms with E-state index >= 15 is 0 Å². The molecule has 0 spiro atoms. The number of aliphatic carboxylic acids is 1. The maximum atomic E-state index is 12.7. The minimum absolute atomic E-state index is 0.264. The Kier molecular flexibility index (Phi) is 4.99. The van der Waals surface area contributed by atoms with E-state index in [0.717, 1.165) is 5.56 Å². The van der Waals surface area contributed by atoms with Crippen molar-refractivity contribution in [2.75, 3.05) is 0 Å². The highest BCUT2D eigenvalue weighted by Crippen LogP contribution is 2.47. The predicted molar refractivity (Wildman–Crippen MR) is 92.6 cm³/mol. The smallest absolute Gasteiger partial charge is 0.324 e. The van der Waals surface area contributed by atoms with Gasteiger partial charge in [-0.25, -0.2) is 0 Å². The fourth-order valence-electron chi connectivity index (χ4n) is 2.64. The van der Waals surface area contributed by atoms with Gasteiger partial charge in [0, 0.05) is 0 Å². The number of carbonyl (C=O) groups is 3. The van der Waals surface area contributed by atoms with Gasteiger partial charge >= 0.3 is 11.9 Å². The molecule has 6 heteroatoms. The molecular formula is C19H18O5S. The molecule has 1 unspecified atom stereocenters. The Labute approximate surface area is 149 Å². The summed E-state index contributed by atoms with van der Waals surface area (Å²) in [6.07, 6.45) is 0.445. The van der Waals surface area contributed by atoms with E-state index in [9.17, 15) is 19.5 Å². The molecule has 1 aromatic carbocycles. The van der Waals surface area contributed by atoms with Gasteiger partial charge in [-0.3, -0.25) is 14.4 Å². The summed E-state index contributed by atoms with van der Waals surface area (Å²) >= 11 is 1.28. The van der Waals surface area contributed by atoms with Crippen molar-refractivity contribution in [1.82, 2.24) is 0 Å². The molecule has 5 nitrogen and oxygen atoms in total. The van der Waals surface area contributed by atoms with Gasteiger partial charge in [0.2, 0.25) is 5.78 Å². The topological polar surface area (TPSA) is 80.7 Å². The van der Waals surface area contributed by atoms with Crippen LogP contribution in [0.5, 0.6) is 0 Å². The van der Waals surface area contributed by atoms with Crippen molar-refractivity contribution >= 4 is 29.1 Å². The van der Waals surface area contributed by atoms with Crippen LogP contribution < -0.4 is 0 Å². The number of carboxylic acid groups (broad SMARTS) is 1. The number of Topliss-reactive ketones (excluding diaryl/α,β-unsaturated/α-hetero) is 1. The third kappa shape index (κ3) is 3.79. The molecule has 0 radical (unpaired) electrons. The summed E-state index contributed by atoms with van der Waals surface area (Å²) in [5.74, 6) is -2.26. The molecule has 2 aromatic rings. The zero-order valence-corrected chi connectivity index (χ0v) is 14.3. The van der Waals surface area contributed by atoms with Gasteiger partial charge in [0.1, 0.15) is 0 Å². The van der Waals surface area contributed by atoms with Crippen LogP contribution in [-0.4, -0.2) is 28.9 Å². The number of thiophene rings is 1. The van der Waals surface area contributed by atoms with E-state index in [1.807, 2.05) is 30.3 Å². The second-order valence-corrected chi connectivity index (χ2v) is 7.09. The zero-order chi connectivity index (χ0) is 17.9. The van der Waals surface area contributed by atoms with Gasteiger partial charge in [-0.1, -0.05) is 36.4 Å². The molecule has 1 fully saturated rings. The van der Waals surface area contributed by atoms with Gasteiger partial charge in [-0.15, -0.1) is 11.3 Å². The molecule has 3 rings (SSSR count). The van der Waals surface area contributed by atoms with Gasteiger partial charge in [-0.2, -0.15) is 0 Å². The van der Waals surface area contributed by atoms with E-state index in [-0.39, 0.29) is 18.6 Å². The van der Waals surface area contributed by atoms with Crippen LogP contribution in [-0.2, 0) is 20.7 Å². The number of hydrogen-bond donors (Lipinski definition) is 1. The molecule has 1 aromatic heterocycles. The Bertz CT molecular complexity index is 762. The van der Waals surface area contributed by atoms with Crippen LogP contribution in [0.3, 0.4) is 0 Å². The average molecular weight is 358 g/mol. The van der Waals surface area contributed by atoms with E-state index in [4.69, 9.17) is 4.74 Å². The Morgan fingerprint density at radius 1 is 1.12 bits per heavy atom. The molecule has 0 amide bonds. The monoisotopic (exact) mass is 358 g/mol. The summed E-state index contributed by atoms with van der Waals surface area (Å²) in [5, 5.41) is 11.0. The van der Waals surface area contributed by atoms with E-state index in [0.29, 0.717) is 17.7 Å². The van der Waals surface area contributed by atoms with Crippen LogP contribution in [0.2, 0.25) is 0 Å². The highest BCUT2D eigenvalue weighted by atomic mass is 32.1. The van der Waals surface area contributed by atoms with Crippen molar-refractivity contribution in [1.29, 1.82) is 0 Å². The summed E-state index contributed by atoms with van der Waals surface area (Å²) < 4.78 is 5.38. The molecular weight excluding hydrogens is 340 g/mol. The number of esters is 1. The van der Waals surface area contributed by atoms with Gasteiger partial charge in [0.05, 0.1) is 4.88 Å². The van der Waals surface area contributed by atoms with Gasteiger partial charge in [-0.05, 0) is 42.7 Å². The lowest BCUT2D eigenvalue weighted by atomic mass is 10.0. The number of carboxylic acids is 1. The molecule has 1 N–H and O–H groups in total. The maximum absolute atomic E-state index is 12.7. The first-order valence-corrected chi connectivity index (χ1v) is 8.97. The standard InChI is InChI=1S/C19H18O5S/c20-16(15-7-4-12-25-15)14(9-8-13-5-2-1-3-6-13)24-18(23)19(10-11-19)17(21)22/h1-7,12,14H,8-11H2,(H,21,22). The summed E-state index contributed by atoms with van der Waals surface area (Å²) in [6, 6.07) is 13.0. The molecule has 1 atom stereocenters. The van der Waals surface area contributed by atoms with Crippen molar-refractivity contribution in [3.63, 3.8) is 0 Å². The molecule has 1 aliphatic rings. The fourth-order valence-corrected chi connectivity index (χ4v) is 3.34. The molecule has 25 heavy (non-hydrogen) atoms. The summed E-state index contributed by atoms with van der Waals surface area (Å²) in [7, 11) is 0. The first kappa shape index (κ1) is 17.4. The molecule has 1 aliphatic carbocycles. The SMILES string of the molecule is O=C(c1cccs1)C(CCc1ccccc1)OC(=O)C1(C(=O)O)CC1. The molecule has 1 heterocycles. The van der Waals surface area contributed by atoms with Crippen LogP contribution in [0, 0.1) is 5.41 Å².